The molecule has 0 amide bonds. The second kappa shape index (κ2) is 3.29. The van der Waals surface area contributed by atoms with Gasteiger partial charge in [0.25, 0.3) is 0 Å². The summed E-state index contributed by atoms with van der Waals surface area (Å²) in [4.78, 5) is 0. The van der Waals surface area contributed by atoms with E-state index in [-0.39, 0.29) is 0 Å². The molecule has 0 spiro atoms. The highest BCUT2D eigenvalue weighted by molar-refractivity contribution is 5.29. The van der Waals surface area contributed by atoms with Gasteiger partial charge in [0, 0.05) is 0 Å². The minimum atomic E-state index is 1.12. The second-order valence-electron chi connectivity index (χ2n) is 2.18. The Morgan fingerprint density at radius 2 is 2.44 bits per heavy atom. The molecule has 0 unspecified atom stereocenters. The van der Waals surface area contributed by atoms with Crippen LogP contribution in [-0.2, 0) is 0 Å². The Balaban J connectivity index is 2.55. The molecule has 0 heterocycles. The van der Waals surface area contributed by atoms with Crippen LogP contribution in [0.4, 0.5) is 0 Å². The van der Waals surface area contributed by atoms with Crippen LogP contribution in [0.1, 0.15) is 19.8 Å². The summed E-state index contributed by atoms with van der Waals surface area (Å²) in [6.07, 6.45) is 13.1. The lowest BCUT2D eigenvalue weighted by Crippen LogP contribution is -1.78. The van der Waals surface area contributed by atoms with E-state index in [0.29, 0.717) is 0 Å². The van der Waals surface area contributed by atoms with Crippen LogP contribution < -0.4 is 0 Å². The molecule has 0 aromatic heterocycles. The molecule has 48 valence electrons. The Morgan fingerprint density at radius 3 is 3.00 bits per heavy atom. The summed E-state index contributed by atoms with van der Waals surface area (Å²) in [5.41, 5.74) is 1.44. The number of hydrogen-bond donors (Lipinski definition) is 0. The van der Waals surface area contributed by atoms with E-state index in [4.69, 9.17) is 0 Å². The fourth-order valence-corrected chi connectivity index (χ4v) is 0.943. The monoisotopic (exact) mass is 120 g/mol. The average Bonchev–Trinajstić information content (AvgIpc) is 1.91. The van der Waals surface area contributed by atoms with Crippen LogP contribution in [0.3, 0.4) is 0 Å². The first-order valence-corrected chi connectivity index (χ1v) is 3.45. The van der Waals surface area contributed by atoms with Gasteiger partial charge in [-0.3, -0.25) is 0 Å². The van der Waals surface area contributed by atoms with Gasteiger partial charge in [0.15, 0.2) is 0 Å². The smallest absolute Gasteiger partial charge is 0.00975 e. The molecule has 9 heavy (non-hydrogen) atoms. The fourth-order valence-electron chi connectivity index (χ4n) is 0.943. The van der Waals surface area contributed by atoms with E-state index in [1.165, 1.54) is 5.57 Å². The summed E-state index contributed by atoms with van der Waals surface area (Å²) in [5, 5.41) is 0. The van der Waals surface area contributed by atoms with Crippen LogP contribution in [0.2, 0.25) is 0 Å². The van der Waals surface area contributed by atoms with E-state index in [1.54, 1.807) is 0 Å². The summed E-state index contributed by atoms with van der Waals surface area (Å²) in [6.45, 7) is 2.17. The van der Waals surface area contributed by atoms with Crippen LogP contribution in [0, 0.1) is 0 Å². The Bertz CT molecular complexity index is 159. The summed E-state index contributed by atoms with van der Waals surface area (Å²) in [6, 6.07) is 0. The van der Waals surface area contributed by atoms with Gasteiger partial charge in [-0.05, 0) is 18.4 Å². The molecule has 0 fully saturated rings. The Hall–Kier alpha value is -0.780. The van der Waals surface area contributed by atoms with Crippen molar-refractivity contribution in [1.82, 2.24) is 0 Å². The largest absolute Gasteiger partial charge is 0.0813 e. The van der Waals surface area contributed by atoms with Gasteiger partial charge in [-0.1, -0.05) is 37.3 Å². The molecule has 0 bridgehead atoms. The third-order valence-electron chi connectivity index (χ3n) is 1.38. The summed E-state index contributed by atoms with van der Waals surface area (Å²) in [7, 11) is 0. The lowest BCUT2D eigenvalue weighted by molar-refractivity contribution is 1.15. The standard InChI is InChI=1S/C9H12/c1-2-6-9-7-4-3-5-8-9/h3-7H,2,8H2,1H3. The van der Waals surface area contributed by atoms with E-state index < -0.39 is 0 Å². The molecule has 1 aliphatic rings. The molecular weight excluding hydrogens is 108 g/mol. The topological polar surface area (TPSA) is 0 Å². The molecule has 0 heteroatoms. The number of allylic oxidation sites excluding steroid dienone is 6. The Morgan fingerprint density at radius 1 is 1.56 bits per heavy atom. The molecule has 1 rings (SSSR count). The van der Waals surface area contributed by atoms with Crippen LogP contribution in [0.15, 0.2) is 36.0 Å². The van der Waals surface area contributed by atoms with E-state index >= 15 is 0 Å². The normalized spacial score (nSPS) is 21.2. The molecule has 0 N–H and O–H groups in total. The van der Waals surface area contributed by atoms with E-state index in [9.17, 15) is 0 Å². The predicted molar refractivity (Wildman–Crippen MR) is 41.3 cm³/mol. The minimum absolute atomic E-state index is 1.12. The van der Waals surface area contributed by atoms with E-state index in [1.807, 2.05) is 0 Å². The number of hydrogen-bond acceptors (Lipinski definition) is 0. The van der Waals surface area contributed by atoms with Gasteiger partial charge in [0.1, 0.15) is 0 Å². The fraction of sp³-hybridized carbons (Fsp3) is 0.333. The molecule has 1 aliphatic carbocycles. The van der Waals surface area contributed by atoms with Crippen LogP contribution in [-0.4, -0.2) is 0 Å². The van der Waals surface area contributed by atoms with Crippen molar-refractivity contribution in [2.75, 3.05) is 0 Å². The van der Waals surface area contributed by atoms with Gasteiger partial charge in [-0.25, -0.2) is 0 Å². The first kappa shape index (κ1) is 6.34. The highest BCUT2D eigenvalue weighted by atomic mass is 14.0. The third kappa shape index (κ3) is 1.88. The van der Waals surface area contributed by atoms with Crippen molar-refractivity contribution in [2.24, 2.45) is 0 Å². The molecule has 0 atom stereocenters. The zero-order chi connectivity index (χ0) is 6.53. The van der Waals surface area contributed by atoms with Gasteiger partial charge in [-0.15, -0.1) is 0 Å². The van der Waals surface area contributed by atoms with Crippen LogP contribution >= 0.6 is 0 Å². The average molecular weight is 120 g/mol. The number of rotatable bonds is 1. The summed E-state index contributed by atoms with van der Waals surface area (Å²) >= 11 is 0. The molecule has 0 saturated carbocycles. The van der Waals surface area contributed by atoms with Crippen molar-refractivity contribution >= 4 is 0 Å². The van der Waals surface area contributed by atoms with Crippen LogP contribution in [0.5, 0.6) is 0 Å². The van der Waals surface area contributed by atoms with Gasteiger partial charge >= 0.3 is 0 Å². The quantitative estimate of drug-likeness (QED) is 0.499. The van der Waals surface area contributed by atoms with Crippen molar-refractivity contribution in [1.29, 1.82) is 0 Å². The zero-order valence-corrected chi connectivity index (χ0v) is 5.80. The maximum absolute atomic E-state index is 2.26. The summed E-state index contributed by atoms with van der Waals surface area (Å²) < 4.78 is 0. The Kier molecular flexibility index (Phi) is 2.32. The van der Waals surface area contributed by atoms with Crippen molar-refractivity contribution in [3.05, 3.63) is 36.0 Å². The van der Waals surface area contributed by atoms with Gasteiger partial charge in [0.05, 0.1) is 0 Å². The third-order valence-corrected chi connectivity index (χ3v) is 1.38. The van der Waals surface area contributed by atoms with E-state index in [2.05, 4.69) is 37.3 Å². The van der Waals surface area contributed by atoms with Crippen molar-refractivity contribution in [2.45, 2.75) is 19.8 Å². The highest BCUT2D eigenvalue weighted by Gasteiger charge is 1.89. The lowest BCUT2D eigenvalue weighted by atomic mass is 10.1. The molecule has 0 aromatic rings. The first-order chi connectivity index (χ1) is 4.43. The molecule has 0 aromatic carbocycles. The zero-order valence-electron chi connectivity index (χ0n) is 5.80. The van der Waals surface area contributed by atoms with Gasteiger partial charge in [-0.2, -0.15) is 0 Å². The van der Waals surface area contributed by atoms with Gasteiger partial charge in [0.2, 0.25) is 0 Å². The maximum atomic E-state index is 2.26. The van der Waals surface area contributed by atoms with Crippen molar-refractivity contribution in [3.63, 3.8) is 0 Å². The predicted octanol–water partition coefficient (Wildman–Crippen LogP) is 2.84. The molecule has 0 nitrogen and oxygen atoms in total. The first-order valence-electron chi connectivity index (χ1n) is 3.45. The van der Waals surface area contributed by atoms with Crippen molar-refractivity contribution < 1.29 is 0 Å². The highest BCUT2D eigenvalue weighted by Crippen LogP contribution is 2.09. The molecule has 0 aliphatic heterocycles. The molecule has 0 radical (unpaired) electrons. The van der Waals surface area contributed by atoms with E-state index in [0.717, 1.165) is 12.8 Å². The molecular formula is C9H12. The molecule has 0 saturated heterocycles. The maximum Gasteiger partial charge on any atom is -0.00975 e. The summed E-state index contributed by atoms with van der Waals surface area (Å²) in [5.74, 6) is 0. The second-order valence-corrected chi connectivity index (χ2v) is 2.18. The van der Waals surface area contributed by atoms with Gasteiger partial charge < -0.3 is 0 Å². The SMILES string of the molecule is CCC=C1C=CC=CC1. The minimum Gasteiger partial charge on any atom is -0.0813 e. The lowest BCUT2D eigenvalue weighted by Gasteiger charge is -1.99. The van der Waals surface area contributed by atoms with Crippen molar-refractivity contribution in [3.8, 4) is 0 Å². The Labute approximate surface area is 56.6 Å². The van der Waals surface area contributed by atoms with Crippen LogP contribution in [0.25, 0.3) is 0 Å².